The van der Waals surface area contributed by atoms with Gasteiger partial charge in [0.05, 0.1) is 6.54 Å². The molecule has 2 rings (SSSR count). The van der Waals surface area contributed by atoms with E-state index in [2.05, 4.69) is 24.5 Å². The molecule has 0 saturated heterocycles. The number of carbonyl (C=O) groups excluding carboxylic acids is 1. The molecular formula is C16H23FN2O. The third-order valence-corrected chi connectivity index (χ3v) is 3.86. The molecule has 1 atom stereocenters. The highest BCUT2D eigenvalue weighted by Crippen LogP contribution is 2.34. The van der Waals surface area contributed by atoms with E-state index in [1.165, 1.54) is 25.0 Å². The molecule has 110 valence electrons. The fourth-order valence-corrected chi connectivity index (χ4v) is 2.88. The Morgan fingerprint density at radius 1 is 1.45 bits per heavy atom. The van der Waals surface area contributed by atoms with E-state index in [0.717, 1.165) is 12.8 Å². The molecule has 0 spiro atoms. The van der Waals surface area contributed by atoms with Crippen LogP contribution in [0.25, 0.3) is 0 Å². The van der Waals surface area contributed by atoms with Gasteiger partial charge in [-0.05, 0) is 42.9 Å². The molecule has 1 saturated carbocycles. The normalized spacial score (nSPS) is 21.4. The number of rotatable bonds is 4. The first-order chi connectivity index (χ1) is 9.44. The Hall–Kier alpha value is -1.42. The van der Waals surface area contributed by atoms with Gasteiger partial charge in [-0.2, -0.15) is 0 Å². The van der Waals surface area contributed by atoms with E-state index in [-0.39, 0.29) is 18.3 Å². The van der Waals surface area contributed by atoms with Crippen LogP contribution in [0, 0.1) is 11.2 Å². The van der Waals surface area contributed by atoms with Gasteiger partial charge >= 0.3 is 0 Å². The molecule has 1 amide bonds. The number of hydrogen-bond acceptors (Lipinski definition) is 2. The van der Waals surface area contributed by atoms with Crippen LogP contribution in [0.2, 0.25) is 0 Å². The fraction of sp³-hybridized carbons (Fsp3) is 0.562. The minimum Gasteiger partial charge on any atom is -0.325 e. The molecule has 1 aromatic rings. The Balaban J connectivity index is 1.78. The van der Waals surface area contributed by atoms with Crippen LogP contribution >= 0.6 is 0 Å². The van der Waals surface area contributed by atoms with Gasteiger partial charge in [-0.25, -0.2) is 4.39 Å². The predicted octanol–water partition coefficient (Wildman–Crippen LogP) is 3.32. The van der Waals surface area contributed by atoms with Crippen LogP contribution in [0.15, 0.2) is 24.3 Å². The summed E-state index contributed by atoms with van der Waals surface area (Å²) in [4.78, 5) is 11.8. The van der Waals surface area contributed by atoms with Crippen LogP contribution in [0.4, 0.5) is 10.1 Å². The summed E-state index contributed by atoms with van der Waals surface area (Å²) in [7, 11) is 0. The third kappa shape index (κ3) is 4.60. The fourth-order valence-electron chi connectivity index (χ4n) is 2.88. The Labute approximate surface area is 120 Å². The van der Waals surface area contributed by atoms with Crippen molar-refractivity contribution in [2.75, 3.05) is 11.9 Å². The first-order valence-corrected chi connectivity index (χ1v) is 7.23. The maximum atomic E-state index is 13.0. The number of amides is 1. The topological polar surface area (TPSA) is 41.1 Å². The Bertz CT molecular complexity index is 473. The van der Waals surface area contributed by atoms with Crippen molar-refractivity contribution in [1.82, 2.24) is 5.32 Å². The summed E-state index contributed by atoms with van der Waals surface area (Å²) in [6, 6.07) is 6.35. The zero-order chi connectivity index (χ0) is 14.6. The van der Waals surface area contributed by atoms with Gasteiger partial charge in [0, 0.05) is 11.7 Å². The number of halogens is 1. The monoisotopic (exact) mass is 278 g/mol. The number of nitrogens with one attached hydrogen (secondary N) is 2. The van der Waals surface area contributed by atoms with Crippen molar-refractivity contribution in [2.45, 2.75) is 45.6 Å². The van der Waals surface area contributed by atoms with E-state index in [4.69, 9.17) is 0 Å². The Morgan fingerprint density at radius 2 is 2.25 bits per heavy atom. The quantitative estimate of drug-likeness (QED) is 0.887. The van der Waals surface area contributed by atoms with E-state index in [0.29, 0.717) is 17.1 Å². The summed E-state index contributed by atoms with van der Waals surface area (Å²) < 4.78 is 13.0. The molecule has 0 aromatic heterocycles. The van der Waals surface area contributed by atoms with Crippen LogP contribution in [0.1, 0.15) is 39.5 Å². The van der Waals surface area contributed by atoms with Gasteiger partial charge in [-0.3, -0.25) is 4.79 Å². The van der Waals surface area contributed by atoms with Crippen LogP contribution in [0.5, 0.6) is 0 Å². The second-order valence-corrected chi connectivity index (χ2v) is 6.40. The molecule has 0 heterocycles. The molecule has 0 aliphatic heterocycles. The molecule has 1 aromatic carbocycles. The zero-order valence-corrected chi connectivity index (χ0v) is 12.2. The molecule has 0 bridgehead atoms. The van der Waals surface area contributed by atoms with Crippen molar-refractivity contribution in [3.8, 4) is 0 Å². The minimum atomic E-state index is -0.343. The van der Waals surface area contributed by atoms with Crippen LogP contribution in [-0.2, 0) is 4.79 Å². The summed E-state index contributed by atoms with van der Waals surface area (Å²) in [6.07, 6.45) is 4.67. The highest BCUT2D eigenvalue weighted by Gasteiger charge is 2.27. The maximum absolute atomic E-state index is 13.0. The lowest BCUT2D eigenvalue weighted by molar-refractivity contribution is -0.115. The van der Waals surface area contributed by atoms with Crippen molar-refractivity contribution < 1.29 is 9.18 Å². The van der Waals surface area contributed by atoms with Gasteiger partial charge in [0.2, 0.25) is 5.91 Å². The first-order valence-electron chi connectivity index (χ1n) is 7.23. The molecule has 3 nitrogen and oxygen atoms in total. The summed E-state index contributed by atoms with van der Waals surface area (Å²) in [5, 5.41) is 6.01. The summed E-state index contributed by atoms with van der Waals surface area (Å²) in [5.41, 5.74) is 0.857. The van der Waals surface area contributed by atoms with Gasteiger partial charge < -0.3 is 10.6 Å². The van der Waals surface area contributed by atoms with Crippen LogP contribution < -0.4 is 10.6 Å². The lowest BCUT2D eigenvalue weighted by Crippen LogP contribution is -2.41. The maximum Gasteiger partial charge on any atom is 0.238 e. The number of hydrogen-bond donors (Lipinski definition) is 2. The number of anilines is 1. The Kier molecular flexibility index (Phi) is 4.76. The molecule has 1 aliphatic rings. The molecule has 1 fully saturated rings. The highest BCUT2D eigenvalue weighted by molar-refractivity contribution is 5.92. The van der Waals surface area contributed by atoms with E-state index in [1.807, 2.05) is 0 Å². The smallest absolute Gasteiger partial charge is 0.238 e. The van der Waals surface area contributed by atoms with Crippen molar-refractivity contribution in [3.05, 3.63) is 30.1 Å². The molecule has 1 unspecified atom stereocenters. The van der Waals surface area contributed by atoms with Gasteiger partial charge in [-0.1, -0.05) is 26.3 Å². The summed E-state index contributed by atoms with van der Waals surface area (Å²) in [6.45, 7) is 4.82. The van der Waals surface area contributed by atoms with Crippen LogP contribution in [0.3, 0.4) is 0 Å². The number of carbonyl (C=O) groups is 1. The van der Waals surface area contributed by atoms with Gasteiger partial charge in [0.25, 0.3) is 0 Å². The van der Waals surface area contributed by atoms with Crippen molar-refractivity contribution in [1.29, 1.82) is 0 Å². The van der Waals surface area contributed by atoms with E-state index >= 15 is 0 Å². The highest BCUT2D eigenvalue weighted by atomic mass is 19.1. The molecule has 4 heteroatoms. The zero-order valence-electron chi connectivity index (χ0n) is 12.2. The van der Waals surface area contributed by atoms with Crippen molar-refractivity contribution in [2.24, 2.45) is 5.41 Å². The standard InChI is InChI=1S/C16H23FN2O/c1-16(2)8-4-7-14(10-16)18-11-15(20)19-13-6-3-5-12(17)9-13/h3,5-6,9,14,18H,4,7-8,10-11H2,1-2H3,(H,19,20). The van der Waals surface area contributed by atoms with E-state index < -0.39 is 0 Å². The van der Waals surface area contributed by atoms with Gasteiger partial charge in [0.1, 0.15) is 5.82 Å². The number of benzene rings is 1. The molecule has 20 heavy (non-hydrogen) atoms. The second kappa shape index (κ2) is 6.35. The largest absolute Gasteiger partial charge is 0.325 e. The van der Waals surface area contributed by atoms with Crippen LogP contribution in [-0.4, -0.2) is 18.5 Å². The average Bonchev–Trinajstić information content (AvgIpc) is 2.35. The first kappa shape index (κ1) is 15.0. The molecular weight excluding hydrogens is 255 g/mol. The van der Waals surface area contributed by atoms with Gasteiger partial charge in [-0.15, -0.1) is 0 Å². The molecule has 1 aliphatic carbocycles. The van der Waals surface area contributed by atoms with E-state index in [9.17, 15) is 9.18 Å². The van der Waals surface area contributed by atoms with Crippen molar-refractivity contribution in [3.63, 3.8) is 0 Å². The molecule has 2 N–H and O–H groups in total. The lowest BCUT2D eigenvalue weighted by atomic mass is 9.75. The summed E-state index contributed by atoms with van der Waals surface area (Å²) >= 11 is 0. The Morgan fingerprint density at radius 3 is 2.95 bits per heavy atom. The SMILES string of the molecule is CC1(C)CCCC(NCC(=O)Nc2cccc(F)c2)C1. The van der Waals surface area contributed by atoms with Crippen molar-refractivity contribution >= 4 is 11.6 Å². The third-order valence-electron chi connectivity index (χ3n) is 3.86. The second-order valence-electron chi connectivity index (χ2n) is 6.40. The van der Waals surface area contributed by atoms with E-state index in [1.54, 1.807) is 12.1 Å². The summed E-state index contributed by atoms with van der Waals surface area (Å²) in [5.74, 6) is -0.469. The molecule has 0 radical (unpaired) electrons. The minimum absolute atomic E-state index is 0.126. The lowest BCUT2D eigenvalue weighted by Gasteiger charge is -2.35. The average molecular weight is 278 g/mol. The van der Waals surface area contributed by atoms with Gasteiger partial charge in [0.15, 0.2) is 0 Å². The predicted molar refractivity (Wildman–Crippen MR) is 79.1 cm³/mol.